The Morgan fingerprint density at radius 1 is 1.39 bits per heavy atom. The number of nitrogens with zero attached hydrogens (tertiary/aromatic N) is 2. The summed E-state index contributed by atoms with van der Waals surface area (Å²) in [6, 6.07) is 6.09. The summed E-state index contributed by atoms with van der Waals surface area (Å²) in [5.41, 5.74) is 3.13. The molecule has 18 heavy (non-hydrogen) atoms. The third kappa shape index (κ3) is 1.98. The molecule has 2 unspecified atom stereocenters. The number of rotatable bonds is 3. The average molecular weight is 246 g/mol. The van der Waals surface area contributed by atoms with E-state index < -0.39 is 11.9 Å². The Morgan fingerprint density at radius 2 is 2.06 bits per heavy atom. The molecule has 0 aliphatic heterocycles. The average Bonchev–Trinajstić information content (AvgIpc) is 2.64. The monoisotopic (exact) mass is 246 g/mol. The van der Waals surface area contributed by atoms with Crippen LogP contribution in [0.3, 0.4) is 0 Å². The summed E-state index contributed by atoms with van der Waals surface area (Å²) >= 11 is 0. The van der Waals surface area contributed by atoms with Crippen LogP contribution in [0.5, 0.6) is 0 Å². The van der Waals surface area contributed by atoms with Gasteiger partial charge in [0, 0.05) is 13.0 Å². The fourth-order valence-corrected chi connectivity index (χ4v) is 2.17. The summed E-state index contributed by atoms with van der Waals surface area (Å²) in [5, 5.41) is 9.09. The highest BCUT2D eigenvalue weighted by Gasteiger charge is 2.25. The molecule has 0 radical (unpaired) electrons. The maximum atomic E-state index is 11.1. The normalized spacial score (nSPS) is 14.7. The lowest BCUT2D eigenvalue weighted by Crippen LogP contribution is -2.19. The van der Waals surface area contributed by atoms with Gasteiger partial charge in [-0.3, -0.25) is 4.79 Å². The maximum Gasteiger partial charge on any atom is 0.306 e. The van der Waals surface area contributed by atoms with Crippen molar-refractivity contribution in [3.05, 3.63) is 29.6 Å². The third-order valence-corrected chi connectivity index (χ3v) is 3.62. The Balaban J connectivity index is 2.51. The number of aryl methyl sites for hydroxylation is 2. The Kier molecular flexibility index (Phi) is 3.11. The van der Waals surface area contributed by atoms with E-state index in [9.17, 15) is 4.79 Å². The summed E-state index contributed by atoms with van der Waals surface area (Å²) in [6.45, 7) is 5.65. The Hall–Kier alpha value is -1.84. The molecule has 1 heterocycles. The first-order valence-corrected chi connectivity index (χ1v) is 6.07. The van der Waals surface area contributed by atoms with Crippen molar-refractivity contribution < 1.29 is 9.90 Å². The van der Waals surface area contributed by atoms with Crippen LogP contribution >= 0.6 is 0 Å². The lowest BCUT2D eigenvalue weighted by Gasteiger charge is -2.15. The molecule has 0 aliphatic rings. The molecule has 1 aromatic heterocycles. The van der Waals surface area contributed by atoms with Crippen molar-refractivity contribution in [3.8, 4) is 0 Å². The predicted molar refractivity (Wildman–Crippen MR) is 70.7 cm³/mol. The fourth-order valence-electron chi connectivity index (χ4n) is 2.17. The van der Waals surface area contributed by atoms with Gasteiger partial charge in [0.05, 0.1) is 17.0 Å². The molecule has 4 nitrogen and oxygen atoms in total. The molecule has 2 atom stereocenters. The van der Waals surface area contributed by atoms with E-state index in [1.54, 1.807) is 6.92 Å². The molecule has 2 aromatic rings. The van der Waals surface area contributed by atoms with Gasteiger partial charge in [0.1, 0.15) is 5.82 Å². The van der Waals surface area contributed by atoms with Crippen LogP contribution < -0.4 is 0 Å². The number of benzene rings is 1. The minimum Gasteiger partial charge on any atom is -0.481 e. The first kappa shape index (κ1) is 12.6. The van der Waals surface area contributed by atoms with Crippen molar-refractivity contribution in [2.45, 2.75) is 26.7 Å². The molecular formula is C14H18N2O2. The van der Waals surface area contributed by atoms with Gasteiger partial charge in [0.25, 0.3) is 0 Å². The molecule has 0 bridgehead atoms. The van der Waals surface area contributed by atoms with Crippen LogP contribution in [-0.4, -0.2) is 20.6 Å². The molecule has 96 valence electrons. The molecule has 2 rings (SSSR count). The second-order valence-corrected chi connectivity index (χ2v) is 4.94. The number of carbonyl (C=O) groups is 1. The van der Waals surface area contributed by atoms with Gasteiger partial charge in [0.2, 0.25) is 0 Å². The van der Waals surface area contributed by atoms with Crippen molar-refractivity contribution in [2.75, 3.05) is 0 Å². The van der Waals surface area contributed by atoms with E-state index in [-0.39, 0.29) is 5.92 Å². The molecular weight excluding hydrogens is 228 g/mol. The lowest BCUT2D eigenvalue weighted by molar-refractivity contribution is -0.141. The standard InChI is InChI=1S/C14H18N2O2/c1-8-5-6-12-11(7-8)15-13(16(12)4)9(2)10(3)14(17)18/h5-7,9-10H,1-4H3,(H,17,18). The number of carboxylic acid groups (broad SMARTS) is 1. The van der Waals surface area contributed by atoms with Gasteiger partial charge in [0.15, 0.2) is 0 Å². The Morgan fingerprint density at radius 3 is 2.67 bits per heavy atom. The van der Waals surface area contributed by atoms with Gasteiger partial charge < -0.3 is 9.67 Å². The smallest absolute Gasteiger partial charge is 0.306 e. The second kappa shape index (κ2) is 4.44. The van der Waals surface area contributed by atoms with E-state index in [0.717, 1.165) is 22.4 Å². The van der Waals surface area contributed by atoms with Crippen LogP contribution in [0.15, 0.2) is 18.2 Å². The summed E-state index contributed by atoms with van der Waals surface area (Å²) < 4.78 is 1.98. The summed E-state index contributed by atoms with van der Waals surface area (Å²) in [7, 11) is 1.94. The van der Waals surface area contributed by atoms with E-state index in [0.29, 0.717) is 0 Å². The van der Waals surface area contributed by atoms with Crippen LogP contribution in [0.2, 0.25) is 0 Å². The van der Waals surface area contributed by atoms with Crippen molar-refractivity contribution in [1.82, 2.24) is 9.55 Å². The van der Waals surface area contributed by atoms with E-state index >= 15 is 0 Å². The molecule has 4 heteroatoms. The van der Waals surface area contributed by atoms with Gasteiger partial charge in [-0.15, -0.1) is 0 Å². The van der Waals surface area contributed by atoms with Gasteiger partial charge in [-0.2, -0.15) is 0 Å². The van der Waals surface area contributed by atoms with Crippen LogP contribution in [0, 0.1) is 12.8 Å². The number of fused-ring (bicyclic) bond motifs is 1. The largest absolute Gasteiger partial charge is 0.481 e. The zero-order valence-corrected chi connectivity index (χ0v) is 11.1. The number of aliphatic carboxylic acids is 1. The minimum atomic E-state index is -0.786. The fraction of sp³-hybridized carbons (Fsp3) is 0.429. The van der Waals surface area contributed by atoms with Crippen molar-refractivity contribution in [2.24, 2.45) is 13.0 Å². The number of aromatic nitrogens is 2. The van der Waals surface area contributed by atoms with E-state index in [1.807, 2.05) is 43.7 Å². The third-order valence-electron chi connectivity index (χ3n) is 3.62. The summed E-state index contributed by atoms with van der Waals surface area (Å²) in [5.74, 6) is -0.516. The molecule has 0 aliphatic carbocycles. The highest BCUT2D eigenvalue weighted by atomic mass is 16.4. The second-order valence-electron chi connectivity index (χ2n) is 4.94. The number of carboxylic acids is 1. The molecule has 0 spiro atoms. The minimum absolute atomic E-state index is 0.111. The lowest BCUT2D eigenvalue weighted by atomic mass is 9.95. The van der Waals surface area contributed by atoms with Crippen LogP contribution in [0.4, 0.5) is 0 Å². The van der Waals surface area contributed by atoms with Gasteiger partial charge in [-0.25, -0.2) is 4.98 Å². The van der Waals surface area contributed by atoms with Gasteiger partial charge in [-0.1, -0.05) is 19.9 Å². The molecule has 0 saturated carbocycles. The summed E-state index contributed by atoms with van der Waals surface area (Å²) in [4.78, 5) is 15.6. The highest BCUT2D eigenvalue weighted by molar-refractivity contribution is 5.77. The van der Waals surface area contributed by atoms with Crippen LogP contribution in [0.25, 0.3) is 11.0 Å². The first-order chi connectivity index (χ1) is 8.41. The van der Waals surface area contributed by atoms with E-state index in [1.165, 1.54) is 0 Å². The topological polar surface area (TPSA) is 55.1 Å². The number of hydrogen-bond donors (Lipinski definition) is 1. The number of hydrogen-bond acceptors (Lipinski definition) is 2. The molecule has 0 saturated heterocycles. The number of imidazole rings is 1. The zero-order chi connectivity index (χ0) is 13.4. The maximum absolute atomic E-state index is 11.1. The SMILES string of the molecule is Cc1ccc2c(c1)nc(C(C)C(C)C(=O)O)n2C. The predicted octanol–water partition coefficient (Wildman–Crippen LogP) is 2.71. The molecule has 0 amide bonds. The van der Waals surface area contributed by atoms with Crippen molar-refractivity contribution in [3.63, 3.8) is 0 Å². The van der Waals surface area contributed by atoms with Crippen molar-refractivity contribution in [1.29, 1.82) is 0 Å². The van der Waals surface area contributed by atoms with Gasteiger partial charge in [-0.05, 0) is 24.6 Å². The summed E-state index contributed by atoms with van der Waals surface area (Å²) in [6.07, 6.45) is 0. The van der Waals surface area contributed by atoms with E-state index in [2.05, 4.69) is 4.98 Å². The van der Waals surface area contributed by atoms with E-state index in [4.69, 9.17) is 5.11 Å². The molecule has 0 fully saturated rings. The Labute approximate surface area is 106 Å². The highest BCUT2D eigenvalue weighted by Crippen LogP contribution is 2.27. The quantitative estimate of drug-likeness (QED) is 0.906. The van der Waals surface area contributed by atoms with Gasteiger partial charge >= 0.3 is 5.97 Å². The van der Waals surface area contributed by atoms with Crippen LogP contribution in [0.1, 0.15) is 31.2 Å². The van der Waals surface area contributed by atoms with Crippen molar-refractivity contribution >= 4 is 17.0 Å². The molecule has 1 aromatic carbocycles. The first-order valence-electron chi connectivity index (χ1n) is 6.07. The zero-order valence-electron chi connectivity index (χ0n) is 11.1. The van der Waals surface area contributed by atoms with Crippen LogP contribution in [-0.2, 0) is 11.8 Å². The Bertz CT molecular complexity index is 601. The molecule has 1 N–H and O–H groups in total.